The van der Waals surface area contributed by atoms with Gasteiger partial charge in [-0.15, -0.1) is 11.8 Å². The molecule has 3 nitrogen and oxygen atoms in total. The van der Waals surface area contributed by atoms with Gasteiger partial charge in [0.1, 0.15) is 11.6 Å². The van der Waals surface area contributed by atoms with Crippen molar-refractivity contribution in [3.8, 4) is 5.75 Å². The zero-order chi connectivity index (χ0) is 15.8. The van der Waals surface area contributed by atoms with Crippen molar-refractivity contribution in [1.29, 1.82) is 0 Å². The predicted molar refractivity (Wildman–Crippen MR) is 92.0 cm³/mol. The lowest BCUT2D eigenvalue weighted by molar-refractivity contribution is -0.113. The summed E-state index contributed by atoms with van der Waals surface area (Å²) in [5.41, 5.74) is 0.595. The molecule has 1 amide bonds. The Labute approximate surface area is 141 Å². The van der Waals surface area contributed by atoms with Crippen molar-refractivity contribution >= 4 is 39.3 Å². The second-order valence-electron chi connectivity index (χ2n) is 4.41. The molecule has 0 bridgehead atoms. The van der Waals surface area contributed by atoms with Crippen molar-refractivity contribution in [2.45, 2.75) is 0 Å². The molecule has 0 aliphatic heterocycles. The van der Waals surface area contributed by atoms with Gasteiger partial charge in [0.15, 0.2) is 0 Å². The van der Waals surface area contributed by atoms with E-state index in [4.69, 9.17) is 4.74 Å². The number of anilines is 1. The molecule has 0 spiro atoms. The third-order valence-electron chi connectivity index (χ3n) is 2.67. The van der Waals surface area contributed by atoms with Gasteiger partial charge in [-0.05, 0) is 48.5 Å². The Hall–Kier alpha value is -1.53. The van der Waals surface area contributed by atoms with Gasteiger partial charge in [-0.1, -0.05) is 15.9 Å². The van der Waals surface area contributed by atoms with E-state index in [-0.39, 0.29) is 11.7 Å². The molecule has 0 saturated carbocycles. The van der Waals surface area contributed by atoms with Crippen LogP contribution in [-0.4, -0.2) is 24.0 Å². The lowest BCUT2D eigenvalue weighted by Crippen LogP contribution is -2.15. The van der Waals surface area contributed by atoms with Crippen LogP contribution >= 0.6 is 27.7 Å². The van der Waals surface area contributed by atoms with Crippen LogP contribution in [0.3, 0.4) is 0 Å². The first-order chi connectivity index (χ1) is 10.6. The molecule has 2 aromatic carbocycles. The first kappa shape index (κ1) is 16.8. The van der Waals surface area contributed by atoms with Gasteiger partial charge in [-0.2, -0.15) is 0 Å². The number of carbonyl (C=O) groups is 1. The number of nitrogens with one attached hydrogen (secondary N) is 1. The van der Waals surface area contributed by atoms with Crippen LogP contribution in [0.4, 0.5) is 10.1 Å². The van der Waals surface area contributed by atoms with Crippen LogP contribution in [-0.2, 0) is 4.79 Å². The lowest BCUT2D eigenvalue weighted by atomic mass is 10.3. The highest BCUT2D eigenvalue weighted by molar-refractivity contribution is 9.10. The molecule has 116 valence electrons. The van der Waals surface area contributed by atoms with Crippen LogP contribution in [0.2, 0.25) is 0 Å². The van der Waals surface area contributed by atoms with Crippen molar-refractivity contribution in [2.75, 3.05) is 23.4 Å². The smallest absolute Gasteiger partial charge is 0.234 e. The second kappa shape index (κ2) is 8.80. The van der Waals surface area contributed by atoms with Crippen LogP contribution in [0.25, 0.3) is 0 Å². The maximum Gasteiger partial charge on any atom is 0.234 e. The van der Waals surface area contributed by atoms with Crippen molar-refractivity contribution in [3.05, 3.63) is 58.8 Å². The monoisotopic (exact) mass is 383 g/mol. The first-order valence-corrected chi connectivity index (χ1v) is 8.60. The Kier molecular flexibility index (Phi) is 6.74. The average molecular weight is 384 g/mol. The van der Waals surface area contributed by atoms with Gasteiger partial charge in [0, 0.05) is 15.9 Å². The Morgan fingerprint density at radius 2 is 1.82 bits per heavy atom. The van der Waals surface area contributed by atoms with E-state index in [0.717, 1.165) is 10.2 Å². The molecule has 1 N–H and O–H groups in total. The maximum absolute atomic E-state index is 12.7. The van der Waals surface area contributed by atoms with Gasteiger partial charge >= 0.3 is 0 Å². The van der Waals surface area contributed by atoms with Gasteiger partial charge in [-0.3, -0.25) is 4.79 Å². The van der Waals surface area contributed by atoms with E-state index in [2.05, 4.69) is 21.2 Å². The van der Waals surface area contributed by atoms with Gasteiger partial charge in [0.05, 0.1) is 12.4 Å². The highest BCUT2D eigenvalue weighted by atomic mass is 79.9. The van der Waals surface area contributed by atoms with Crippen LogP contribution in [0.15, 0.2) is 53.0 Å². The van der Waals surface area contributed by atoms with E-state index in [1.54, 1.807) is 0 Å². The summed E-state index contributed by atoms with van der Waals surface area (Å²) in [6.45, 7) is 0.538. The van der Waals surface area contributed by atoms with Crippen molar-refractivity contribution in [3.63, 3.8) is 0 Å². The van der Waals surface area contributed by atoms with Crippen LogP contribution in [0, 0.1) is 5.82 Å². The first-order valence-electron chi connectivity index (χ1n) is 6.65. The van der Waals surface area contributed by atoms with Crippen molar-refractivity contribution in [1.82, 2.24) is 0 Å². The van der Waals surface area contributed by atoms with Gasteiger partial charge in [-0.25, -0.2) is 4.39 Å². The largest absolute Gasteiger partial charge is 0.493 e. The minimum atomic E-state index is -0.322. The molecular formula is C16H15BrFNO2S. The van der Waals surface area contributed by atoms with Crippen LogP contribution in [0.5, 0.6) is 5.75 Å². The SMILES string of the molecule is O=C(CSCCOc1ccc(Br)cc1)Nc1ccc(F)cc1. The topological polar surface area (TPSA) is 38.3 Å². The molecule has 0 aliphatic carbocycles. The number of halogens is 2. The predicted octanol–water partition coefficient (Wildman–Crippen LogP) is 4.34. The number of hydrogen-bond donors (Lipinski definition) is 1. The number of rotatable bonds is 7. The molecule has 6 heteroatoms. The van der Waals surface area contributed by atoms with Crippen LogP contribution < -0.4 is 10.1 Å². The van der Waals surface area contributed by atoms with Gasteiger partial charge < -0.3 is 10.1 Å². The molecule has 22 heavy (non-hydrogen) atoms. The molecule has 0 heterocycles. The summed E-state index contributed by atoms with van der Waals surface area (Å²) in [4.78, 5) is 11.7. The third kappa shape index (κ3) is 6.07. The number of benzene rings is 2. The molecule has 2 aromatic rings. The minimum Gasteiger partial charge on any atom is -0.493 e. The number of thioether (sulfide) groups is 1. The number of hydrogen-bond acceptors (Lipinski definition) is 3. The van der Waals surface area contributed by atoms with Gasteiger partial charge in [0.2, 0.25) is 5.91 Å². The molecule has 0 saturated heterocycles. The quantitative estimate of drug-likeness (QED) is 0.722. The van der Waals surface area contributed by atoms with E-state index in [1.165, 1.54) is 36.0 Å². The maximum atomic E-state index is 12.7. The third-order valence-corrected chi connectivity index (χ3v) is 4.12. The molecule has 0 radical (unpaired) electrons. The lowest BCUT2D eigenvalue weighted by Gasteiger charge is -2.07. The molecule has 0 aromatic heterocycles. The van der Waals surface area contributed by atoms with E-state index >= 15 is 0 Å². The Balaban J connectivity index is 1.61. The second-order valence-corrected chi connectivity index (χ2v) is 6.43. The molecule has 0 fully saturated rings. The molecule has 0 unspecified atom stereocenters. The summed E-state index contributed by atoms with van der Waals surface area (Å²) in [5.74, 6) is 1.42. The Morgan fingerprint density at radius 3 is 2.50 bits per heavy atom. The van der Waals surface area contributed by atoms with Crippen LogP contribution in [0.1, 0.15) is 0 Å². The Morgan fingerprint density at radius 1 is 1.14 bits per heavy atom. The normalized spacial score (nSPS) is 10.3. The minimum absolute atomic E-state index is 0.111. The fraction of sp³-hybridized carbons (Fsp3) is 0.188. The van der Waals surface area contributed by atoms with E-state index in [9.17, 15) is 9.18 Å². The molecule has 2 rings (SSSR count). The summed E-state index contributed by atoms with van der Waals surface area (Å²) in [7, 11) is 0. The van der Waals surface area contributed by atoms with Crippen molar-refractivity contribution in [2.24, 2.45) is 0 Å². The van der Waals surface area contributed by atoms with E-state index in [1.807, 2.05) is 24.3 Å². The summed E-state index contributed by atoms with van der Waals surface area (Å²) in [6, 6.07) is 13.3. The fourth-order valence-electron chi connectivity index (χ4n) is 1.64. The summed E-state index contributed by atoms with van der Waals surface area (Å²) in [6.07, 6.45) is 0. The average Bonchev–Trinajstić information content (AvgIpc) is 2.51. The van der Waals surface area contributed by atoms with Crippen molar-refractivity contribution < 1.29 is 13.9 Å². The molecule has 0 aliphatic rings. The number of amides is 1. The summed E-state index contributed by atoms with van der Waals surface area (Å²) >= 11 is 4.85. The number of carbonyl (C=O) groups excluding carboxylic acids is 1. The van der Waals surface area contributed by atoms with E-state index in [0.29, 0.717) is 23.8 Å². The summed E-state index contributed by atoms with van der Waals surface area (Å²) < 4.78 is 19.3. The molecule has 0 atom stereocenters. The fourth-order valence-corrected chi connectivity index (χ4v) is 2.51. The molecular weight excluding hydrogens is 369 g/mol. The van der Waals surface area contributed by atoms with E-state index < -0.39 is 0 Å². The zero-order valence-corrected chi connectivity index (χ0v) is 14.1. The highest BCUT2D eigenvalue weighted by Gasteiger charge is 2.03. The standard InChI is InChI=1S/C16H15BrFNO2S/c17-12-1-7-15(8-2-12)21-9-10-22-11-16(20)19-14-5-3-13(18)4-6-14/h1-8H,9-11H2,(H,19,20). The number of ether oxygens (including phenoxy) is 1. The zero-order valence-electron chi connectivity index (χ0n) is 11.7. The highest BCUT2D eigenvalue weighted by Crippen LogP contribution is 2.16. The summed E-state index contributed by atoms with van der Waals surface area (Å²) in [5, 5.41) is 2.71. The van der Waals surface area contributed by atoms with Gasteiger partial charge in [0.25, 0.3) is 0 Å². The Bertz CT molecular complexity index is 605.